The van der Waals surface area contributed by atoms with Gasteiger partial charge in [0, 0.05) is 38.4 Å². The van der Waals surface area contributed by atoms with Crippen molar-refractivity contribution in [1.82, 2.24) is 18.8 Å². The van der Waals surface area contributed by atoms with E-state index in [1.807, 2.05) is 0 Å². The Balaban J connectivity index is 1.68. The second-order valence-corrected chi connectivity index (χ2v) is 13.7. The number of aryl methyl sites for hydroxylation is 1. The fraction of sp³-hybridized carbons (Fsp3) is 0.385. The summed E-state index contributed by atoms with van der Waals surface area (Å²) in [6.45, 7) is 3.15. The molecule has 2 heterocycles. The number of nitrogens with one attached hydrogen (secondary N) is 1. The molecule has 1 aliphatic heterocycles. The zero-order valence-corrected chi connectivity index (χ0v) is 24.6. The first-order valence-corrected chi connectivity index (χ1v) is 15.6. The average Bonchev–Trinajstić information content (AvgIpc) is 3.38. The van der Waals surface area contributed by atoms with Crippen LogP contribution in [-0.4, -0.2) is 85.5 Å². The molecule has 3 aromatic rings. The zero-order valence-electron chi connectivity index (χ0n) is 22.9. The van der Waals surface area contributed by atoms with Crippen molar-refractivity contribution in [1.29, 1.82) is 0 Å². The Morgan fingerprint density at radius 1 is 1.20 bits per heavy atom. The van der Waals surface area contributed by atoms with Crippen LogP contribution < -0.4 is 9.46 Å². The molecule has 41 heavy (non-hydrogen) atoms. The third kappa shape index (κ3) is 6.53. The van der Waals surface area contributed by atoms with Gasteiger partial charge < -0.3 is 19.3 Å². The fourth-order valence-electron chi connectivity index (χ4n) is 4.38. The number of fused-ring (bicyclic) bond motifs is 1. The van der Waals surface area contributed by atoms with Crippen molar-refractivity contribution in [2.45, 2.75) is 35.9 Å². The Morgan fingerprint density at radius 2 is 1.88 bits per heavy atom. The first kappa shape index (κ1) is 30.4. The normalized spacial score (nSPS) is 18.8. The lowest BCUT2D eigenvalue weighted by molar-refractivity contribution is 0.0387. The minimum absolute atomic E-state index is 0.0347. The summed E-state index contributed by atoms with van der Waals surface area (Å²) in [5, 5.41) is 9.66. The van der Waals surface area contributed by atoms with Gasteiger partial charge in [0.2, 0.25) is 10.0 Å². The van der Waals surface area contributed by atoms with Crippen LogP contribution in [0.15, 0.2) is 64.9 Å². The number of aromatic nitrogens is 2. The van der Waals surface area contributed by atoms with Crippen molar-refractivity contribution >= 4 is 31.6 Å². The number of nitrogens with zero attached hydrogens (tertiary/aromatic N) is 4. The molecule has 2 aromatic carbocycles. The Labute approximate surface area is 238 Å². The Kier molecular flexibility index (Phi) is 8.73. The van der Waals surface area contributed by atoms with E-state index in [9.17, 15) is 31.1 Å². The molecule has 15 heteroatoms. The van der Waals surface area contributed by atoms with Crippen LogP contribution in [0, 0.1) is 11.7 Å². The number of amides is 1. The largest absolute Gasteiger partial charge is 0.488 e. The number of hydrogen-bond donors (Lipinski definition) is 2. The van der Waals surface area contributed by atoms with Crippen LogP contribution in [-0.2, 0) is 27.1 Å². The van der Waals surface area contributed by atoms with Gasteiger partial charge in [0.1, 0.15) is 17.7 Å². The molecule has 0 spiro atoms. The third-order valence-electron chi connectivity index (χ3n) is 6.83. The molecule has 0 radical (unpaired) electrons. The molecule has 12 nitrogen and oxygen atoms in total. The second kappa shape index (κ2) is 11.8. The highest BCUT2D eigenvalue weighted by Gasteiger charge is 2.35. The molecule has 0 unspecified atom stereocenters. The van der Waals surface area contributed by atoms with Crippen molar-refractivity contribution in [2.75, 3.05) is 31.5 Å². The number of benzene rings is 2. The van der Waals surface area contributed by atoms with Crippen LogP contribution in [0.3, 0.4) is 0 Å². The van der Waals surface area contributed by atoms with Crippen LogP contribution in [0.5, 0.6) is 5.75 Å². The van der Waals surface area contributed by atoms with Crippen LogP contribution in [0.25, 0.3) is 0 Å². The predicted octanol–water partition coefficient (Wildman–Crippen LogP) is 1.90. The van der Waals surface area contributed by atoms with Crippen molar-refractivity contribution in [3.05, 3.63) is 66.4 Å². The molecule has 2 N–H and O–H groups in total. The molecule has 1 amide bonds. The van der Waals surface area contributed by atoms with Gasteiger partial charge >= 0.3 is 0 Å². The number of ether oxygens (including phenoxy) is 1. The first-order chi connectivity index (χ1) is 19.2. The number of anilines is 1. The number of hydrogen-bond acceptors (Lipinski definition) is 8. The molecule has 0 saturated carbocycles. The maximum atomic E-state index is 13.6. The van der Waals surface area contributed by atoms with E-state index >= 15 is 0 Å². The highest BCUT2D eigenvalue weighted by molar-refractivity contribution is 7.92. The monoisotopic (exact) mass is 609 g/mol. The van der Waals surface area contributed by atoms with Crippen molar-refractivity contribution < 1.29 is 35.9 Å². The minimum atomic E-state index is -4.05. The number of halogens is 1. The lowest BCUT2D eigenvalue weighted by Gasteiger charge is -2.38. The number of likely N-dealkylation sites (N-methyl/N-ethyl adjacent to an activating group) is 1. The smallest absolute Gasteiger partial charge is 0.280 e. The third-order valence-corrected chi connectivity index (χ3v) is 9.94. The van der Waals surface area contributed by atoms with Crippen LogP contribution in [0.1, 0.15) is 24.2 Å². The molecule has 1 aromatic heterocycles. The van der Waals surface area contributed by atoms with E-state index in [1.54, 1.807) is 20.9 Å². The second-order valence-electron chi connectivity index (χ2n) is 10.1. The van der Waals surface area contributed by atoms with Crippen LogP contribution in [0.2, 0.25) is 0 Å². The topological polar surface area (TPSA) is 151 Å². The fourth-order valence-corrected chi connectivity index (χ4v) is 6.59. The molecule has 4 rings (SSSR count). The van der Waals surface area contributed by atoms with Gasteiger partial charge in [-0.3, -0.25) is 9.52 Å². The standard InChI is InChI=1S/C26H32FN5O7S2/c1-17-12-32(18(2)15-33)26(34)22-11-20(29-40(35,36)25-14-30(3)16-28-25)7-10-23(22)39-24(17)13-31(4)41(37,38)21-8-5-19(27)6-9-21/h5-11,14,16-18,24,29,33H,12-13,15H2,1-4H3/t17-,18+,24-/m1/s1. The Bertz CT molecular complexity index is 1630. The van der Waals surface area contributed by atoms with E-state index in [0.717, 1.165) is 16.4 Å². The van der Waals surface area contributed by atoms with Crippen molar-refractivity contribution in [3.8, 4) is 5.75 Å². The molecule has 3 atom stereocenters. The molecule has 1 aliphatic rings. The SMILES string of the molecule is C[C@@H]1CN([C@@H](C)CO)C(=O)c2cc(NS(=O)(=O)c3cn(C)cn3)ccc2O[C@@H]1CN(C)S(=O)(=O)c1ccc(F)cc1. The average molecular weight is 610 g/mol. The van der Waals surface area contributed by atoms with Crippen LogP contribution >= 0.6 is 0 Å². The molecule has 0 saturated heterocycles. The van der Waals surface area contributed by atoms with E-state index in [0.29, 0.717) is 0 Å². The van der Waals surface area contributed by atoms with Gasteiger partial charge in [-0.15, -0.1) is 0 Å². The quantitative estimate of drug-likeness (QED) is 0.373. The first-order valence-electron chi connectivity index (χ1n) is 12.7. The van der Waals surface area contributed by atoms with Gasteiger partial charge in [0.15, 0.2) is 5.03 Å². The minimum Gasteiger partial charge on any atom is -0.488 e. The maximum absolute atomic E-state index is 13.6. The van der Waals surface area contributed by atoms with Gasteiger partial charge in [-0.2, -0.15) is 12.7 Å². The summed E-state index contributed by atoms with van der Waals surface area (Å²) in [4.78, 5) is 18.9. The van der Waals surface area contributed by atoms with E-state index in [1.165, 1.54) is 59.4 Å². The predicted molar refractivity (Wildman–Crippen MR) is 148 cm³/mol. The highest BCUT2D eigenvalue weighted by Crippen LogP contribution is 2.32. The molecule has 0 bridgehead atoms. The molecule has 0 fully saturated rings. The number of sulfonamides is 2. The van der Waals surface area contributed by atoms with Gasteiger partial charge in [0.05, 0.1) is 36.0 Å². The number of carbonyl (C=O) groups excluding carboxylic acids is 1. The Hall–Kier alpha value is -3.53. The van der Waals surface area contributed by atoms with E-state index in [4.69, 9.17) is 4.74 Å². The van der Waals surface area contributed by atoms with E-state index in [-0.39, 0.29) is 52.5 Å². The zero-order chi connectivity index (χ0) is 30.1. The van der Waals surface area contributed by atoms with Crippen LogP contribution in [0.4, 0.5) is 10.1 Å². The summed E-state index contributed by atoms with van der Waals surface area (Å²) in [7, 11) is -5.04. The van der Waals surface area contributed by atoms with E-state index < -0.39 is 43.9 Å². The van der Waals surface area contributed by atoms with Gasteiger partial charge in [-0.1, -0.05) is 6.92 Å². The highest BCUT2D eigenvalue weighted by atomic mass is 32.2. The lowest BCUT2D eigenvalue weighted by Crippen LogP contribution is -2.50. The van der Waals surface area contributed by atoms with Gasteiger partial charge in [-0.25, -0.2) is 17.8 Å². The molecular weight excluding hydrogens is 577 g/mol. The number of aliphatic hydroxyl groups is 1. The molecular formula is C26H32FN5O7S2. The number of aliphatic hydroxyl groups excluding tert-OH is 1. The molecule has 0 aliphatic carbocycles. The number of carbonyl (C=O) groups is 1. The number of rotatable bonds is 9. The maximum Gasteiger partial charge on any atom is 0.280 e. The summed E-state index contributed by atoms with van der Waals surface area (Å²) in [6, 6.07) is 8.08. The summed E-state index contributed by atoms with van der Waals surface area (Å²) >= 11 is 0. The van der Waals surface area contributed by atoms with E-state index in [2.05, 4.69) is 9.71 Å². The number of imidazole rings is 1. The summed E-state index contributed by atoms with van der Waals surface area (Å²) in [5.74, 6) is -1.31. The van der Waals surface area contributed by atoms with Gasteiger partial charge in [0.25, 0.3) is 15.9 Å². The lowest BCUT2D eigenvalue weighted by atomic mass is 9.99. The summed E-state index contributed by atoms with van der Waals surface area (Å²) in [5.41, 5.74) is 0.122. The van der Waals surface area contributed by atoms with Crippen molar-refractivity contribution in [3.63, 3.8) is 0 Å². The van der Waals surface area contributed by atoms with Crippen molar-refractivity contribution in [2.24, 2.45) is 13.0 Å². The molecule has 222 valence electrons. The summed E-state index contributed by atoms with van der Waals surface area (Å²) in [6.07, 6.45) is 1.93. The summed E-state index contributed by atoms with van der Waals surface area (Å²) < 4.78 is 76.6. The Morgan fingerprint density at radius 3 is 2.49 bits per heavy atom. The van der Waals surface area contributed by atoms with Gasteiger partial charge in [-0.05, 0) is 49.4 Å².